The summed E-state index contributed by atoms with van der Waals surface area (Å²) >= 11 is 0. The second-order valence-electron chi connectivity index (χ2n) is 3.79. The predicted octanol–water partition coefficient (Wildman–Crippen LogP) is 1.80. The lowest BCUT2D eigenvalue weighted by Crippen LogP contribution is -2.09. The zero-order chi connectivity index (χ0) is 12.4. The van der Waals surface area contributed by atoms with Gasteiger partial charge in [0.1, 0.15) is 11.7 Å². The van der Waals surface area contributed by atoms with E-state index in [0.29, 0.717) is 0 Å². The summed E-state index contributed by atoms with van der Waals surface area (Å²) in [6.07, 6.45) is 1.56. The van der Waals surface area contributed by atoms with E-state index in [1.807, 2.05) is 0 Å². The average Bonchev–Trinajstić information content (AvgIpc) is 2.58. The Morgan fingerprint density at radius 2 is 1.88 bits per heavy atom. The van der Waals surface area contributed by atoms with E-state index in [4.69, 9.17) is 9.47 Å². The highest BCUT2D eigenvalue weighted by Gasteiger charge is 2.35. The van der Waals surface area contributed by atoms with Crippen LogP contribution in [0, 0.1) is 5.92 Å². The molecule has 1 aliphatic rings. The lowest BCUT2D eigenvalue weighted by molar-refractivity contribution is -0.138. The number of benzene rings is 1. The third-order valence-corrected chi connectivity index (χ3v) is 2.61. The van der Waals surface area contributed by atoms with E-state index in [-0.39, 0.29) is 11.5 Å². The number of allylic oxidation sites excluding steroid dienone is 1. The van der Waals surface area contributed by atoms with Gasteiger partial charge in [0.2, 0.25) is 5.78 Å². The zero-order valence-electron chi connectivity index (χ0n) is 9.60. The van der Waals surface area contributed by atoms with Crippen LogP contribution in [0.25, 0.3) is 6.08 Å². The number of ether oxygens (including phenoxy) is 2. The molecule has 0 radical (unpaired) electrons. The number of esters is 1. The van der Waals surface area contributed by atoms with Gasteiger partial charge in [-0.1, -0.05) is 12.1 Å². The molecule has 0 N–H and O–H groups in total. The van der Waals surface area contributed by atoms with Gasteiger partial charge in [0.15, 0.2) is 5.76 Å². The van der Waals surface area contributed by atoms with Crippen LogP contribution < -0.4 is 4.74 Å². The van der Waals surface area contributed by atoms with Gasteiger partial charge in [0.25, 0.3) is 0 Å². The maximum absolute atomic E-state index is 11.6. The molecule has 88 valence electrons. The van der Waals surface area contributed by atoms with E-state index >= 15 is 0 Å². The molecule has 0 aromatic heterocycles. The van der Waals surface area contributed by atoms with Crippen LogP contribution in [0.3, 0.4) is 0 Å². The van der Waals surface area contributed by atoms with Crippen LogP contribution in [-0.4, -0.2) is 18.9 Å². The van der Waals surface area contributed by atoms with Crippen LogP contribution in [0.4, 0.5) is 0 Å². The van der Waals surface area contributed by atoms with Crippen LogP contribution in [0.15, 0.2) is 30.0 Å². The number of cyclic esters (lactones) is 1. The van der Waals surface area contributed by atoms with Crippen LogP contribution >= 0.6 is 0 Å². The van der Waals surface area contributed by atoms with Crippen LogP contribution in [0.5, 0.6) is 5.75 Å². The normalized spacial score (nSPS) is 21.8. The first-order valence-electron chi connectivity index (χ1n) is 5.23. The molecule has 1 saturated heterocycles. The first-order valence-corrected chi connectivity index (χ1v) is 5.23. The summed E-state index contributed by atoms with van der Waals surface area (Å²) in [6, 6.07) is 7.13. The summed E-state index contributed by atoms with van der Waals surface area (Å²) in [5, 5.41) is 0. The monoisotopic (exact) mass is 232 g/mol. The van der Waals surface area contributed by atoms with E-state index in [0.717, 1.165) is 11.3 Å². The van der Waals surface area contributed by atoms with Gasteiger partial charge in [0, 0.05) is 0 Å². The average molecular weight is 232 g/mol. The SMILES string of the molecule is COc1ccc(/C=C2/OC(=O)C(C)C2=O)cc1. The fraction of sp³-hybridized carbons (Fsp3) is 0.231. The minimum atomic E-state index is -0.695. The first-order chi connectivity index (χ1) is 8.11. The molecule has 4 nitrogen and oxygen atoms in total. The van der Waals surface area contributed by atoms with Crippen molar-refractivity contribution in [1.82, 2.24) is 0 Å². The van der Waals surface area contributed by atoms with Crippen molar-refractivity contribution in [3.05, 3.63) is 35.6 Å². The highest BCUT2D eigenvalue weighted by molar-refractivity contribution is 6.14. The number of carbonyl (C=O) groups excluding carboxylic acids is 2. The van der Waals surface area contributed by atoms with Crippen molar-refractivity contribution < 1.29 is 19.1 Å². The van der Waals surface area contributed by atoms with Gasteiger partial charge in [-0.25, -0.2) is 0 Å². The maximum Gasteiger partial charge on any atom is 0.322 e. The summed E-state index contributed by atoms with van der Waals surface area (Å²) in [5.41, 5.74) is 0.788. The molecule has 0 saturated carbocycles. The topological polar surface area (TPSA) is 52.6 Å². The molecule has 1 aromatic carbocycles. The van der Waals surface area contributed by atoms with Gasteiger partial charge in [-0.3, -0.25) is 9.59 Å². The Balaban J connectivity index is 2.24. The molecule has 2 rings (SSSR count). The van der Waals surface area contributed by atoms with E-state index in [2.05, 4.69) is 0 Å². The first kappa shape index (κ1) is 11.4. The van der Waals surface area contributed by atoms with Crippen molar-refractivity contribution in [2.75, 3.05) is 7.11 Å². The number of carbonyl (C=O) groups is 2. The summed E-state index contributed by atoms with van der Waals surface area (Å²) < 4.78 is 9.91. The Morgan fingerprint density at radius 1 is 1.24 bits per heavy atom. The molecule has 0 amide bonds. The number of ketones is 1. The Morgan fingerprint density at radius 3 is 2.35 bits per heavy atom. The van der Waals surface area contributed by atoms with Gasteiger partial charge < -0.3 is 9.47 Å². The molecule has 1 atom stereocenters. The molecular formula is C13H12O4. The molecule has 0 spiro atoms. The van der Waals surface area contributed by atoms with Gasteiger partial charge in [0.05, 0.1) is 7.11 Å². The largest absolute Gasteiger partial charge is 0.497 e. The molecule has 1 unspecified atom stereocenters. The number of hydrogen-bond acceptors (Lipinski definition) is 4. The van der Waals surface area contributed by atoms with Crippen LogP contribution in [0.2, 0.25) is 0 Å². The number of rotatable bonds is 2. The fourth-order valence-electron chi connectivity index (χ4n) is 1.52. The van der Waals surface area contributed by atoms with Crippen molar-refractivity contribution in [3.8, 4) is 5.75 Å². The predicted molar refractivity (Wildman–Crippen MR) is 61.2 cm³/mol. The molecule has 1 aromatic rings. The van der Waals surface area contributed by atoms with E-state index in [1.54, 1.807) is 44.4 Å². The Kier molecular flexibility index (Phi) is 2.95. The zero-order valence-corrected chi connectivity index (χ0v) is 9.60. The second kappa shape index (κ2) is 4.41. The lowest BCUT2D eigenvalue weighted by atomic mass is 10.1. The lowest BCUT2D eigenvalue weighted by Gasteiger charge is -2.00. The highest BCUT2D eigenvalue weighted by atomic mass is 16.5. The molecular weight excluding hydrogens is 220 g/mol. The van der Waals surface area contributed by atoms with Crippen LogP contribution in [0.1, 0.15) is 12.5 Å². The van der Waals surface area contributed by atoms with Gasteiger partial charge in [-0.05, 0) is 30.7 Å². The van der Waals surface area contributed by atoms with Gasteiger partial charge in [-0.2, -0.15) is 0 Å². The van der Waals surface area contributed by atoms with Crippen molar-refractivity contribution in [2.24, 2.45) is 5.92 Å². The maximum atomic E-state index is 11.6. The summed E-state index contributed by atoms with van der Waals surface area (Å²) in [4.78, 5) is 22.8. The van der Waals surface area contributed by atoms with Gasteiger partial charge >= 0.3 is 5.97 Å². The van der Waals surface area contributed by atoms with E-state index in [9.17, 15) is 9.59 Å². The Hall–Kier alpha value is -2.10. The number of methoxy groups -OCH3 is 1. The molecule has 0 bridgehead atoms. The van der Waals surface area contributed by atoms with E-state index in [1.165, 1.54) is 0 Å². The fourth-order valence-corrected chi connectivity index (χ4v) is 1.52. The molecule has 17 heavy (non-hydrogen) atoms. The minimum absolute atomic E-state index is 0.104. The molecule has 0 aliphatic carbocycles. The van der Waals surface area contributed by atoms with Crippen molar-refractivity contribution in [3.63, 3.8) is 0 Å². The molecule has 1 fully saturated rings. The summed E-state index contributed by atoms with van der Waals surface area (Å²) in [6.45, 7) is 1.54. The summed E-state index contributed by atoms with van der Waals surface area (Å²) in [5.74, 6) is -0.622. The smallest absolute Gasteiger partial charge is 0.322 e. The minimum Gasteiger partial charge on any atom is -0.497 e. The van der Waals surface area contributed by atoms with Crippen molar-refractivity contribution in [1.29, 1.82) is 0 Å². The van der Waals surface area contributed by atoms with E-state index < -0.39 is 11.9 Å². The van der Waals surface area contributed by atoms with Crippen LogP contribution in [-0.2, 0) is 14.3 Å². The molecule has 4 heteroatoms. The quantitative estimate of drug-likeness (QED) is 0.443. The van der Waals surface area contributed by atoms with Crippen molar-refractivity contribution >= 4 is 17.8 Å². The molecule has 1 aliphatic heterocycles. The Bertz CT molecular complexity index is 485. The number of Topliss-reactive ketones (excluding diaryl/α,β-unsaturated/α-hetero) is 1. The third-order valence-electron chi connectivity index (χ3n) is 2.61. The Labute approximate surface area is 98.8 Å². The molecule has 1 heterocycles. The second-order valence-corrected chi connectivity index (χ2v) is 3.79. The summed E-state index contributed by atoms with van der Waals surface area (Å²) in [7, 11) is 1.58. The van der Waals surface area contributed by atoms with Crippen molar-refractivity contribution in [2.45, 2.75) is 6.92 Å². The number of hydrogen-bond donors (Lipinski definition) is 0. The highest BCUT2D eigenvalue weighted by Crippen LogP contribution is 2.23. The van der Waals surface area contributed by atoms with Gasteiger partial charge in [-0.15, -0.1) is 0 Å². The standard InChI is InChI=1S/C13H12O4/c1-8-12(14)11(17-13(8)15)7-9-3-5-10(16-2)6-4-9/h3-8H,1-2H3/b11-7+. The third kappa shape index (κ3) is 2.20.